The molecule has 20 heavy (non-hydrogen) atoms. The Balaban J connectivity index is 4.19. The first-order valence-electron chi connectivity index (χ1n) is 6.04. The Morgan fingerprint density at radius 1 is 1.00 bits per heavy atom. The third-order valence-corrected chi connectivity index (χ3v) is 4.28. The summed E-state index contributed by atoms with van der Waals surface area (Å²) in [6.07, 6.45) is 0. The predicted octanol–water partition coefficient (Wildman–Crippen LogP) is -0.454. The van der Waals surface area contributed by atoms with Crippen molar-refractivity contribution in [2.24, 2.45) is 0 Å². The summed E-state index contributed by atoms with van der Waals surface area (Å²) in [6.45, 7) is 0.635. The molecule has 2 atom stereocenters. The maximum Gasteiger partial charge on any atom is 0.327 e. The Labute approximate surface area is 124 Å². The smallest absolute Gasteiger partial charge is 0.327 e. The Morgan fingerprint density at radius 3 is 1.70 bits per heavy atom. The van der Waals surface area contributed by atoms with Gasteiger partial charge in [-0.25, -0.2) is 9.59 Å². The molecule has 0 radical (unpaired) electrons. The summed E-state index contributed by atoms with van der Waals surface area (Å²) in [5.41, 5.74) is 0. The maximum absolute atomic E-state index is 11.0. The molecule has 0 aliphatic carbocycles. The number of aliphatic carboxylic acids is 2. The topological polar surface area (TPSA) is 133 Å². The summed E-state index contributed by atoms with van der Waals surface area (Å²) >= 11 is 0. The normalized spacial score (nSPS) is 13.8. The van der Waals surface area contributed by atoms with Gasteiger partial charge < -0.3 is 20.8 Å². The van der Waals surface area contributed by atoms with Crippen molar-refractivity contribution in [1.82, 2.24) is 10.6 Å². The third kappa shape index (κ3) is 8.64. The number of carbonyl (C=O) groups is 4. The molecule has 4 N–H and O–H groups in total. The average Bonchev–Trinajstić information content (AvgIpc) is 2.39. The van der Waals surface area contributed by atoms with Crippen LogP contribution in [0.5, 0.6) is 0 Å². The molecule has 0 aromatic rings. The maximum atomic E-state index is 11.0. The molecule has 0 saturated heterocycles. The highest BCUT2D eigenvalue weighted by atomic mass is 33.1. The predicted molar refractivity (Wildman–Crippen MR) is 75.4 cm³/mol. The van der Waals surface area contributed by atoms with E-state index in [1.54, 1.807) is 0 Å². The van der Waals surface area contributed by atoms with Crippen LogP contribution in [-0.4, -0.2) is 57.6 Å². The zero-order valence-corrected chi connectivity index (χ0v) is 12.3. The summed E-state index contributed by atoms with van der Waals surface area (Å²) in [5, 5.41) is 22.2. The van der Waals surface area contributed by atoms with Crippen LogP contribution in [0.2, 0.25) is 0 Å². The van der Waals surface area contributed by atoms with Gasteiger partial charge in [-0.05, 0) is 0 Å². The minimum Gasteiger partial charge on any atom is -0.480 e. The second kappa shape index (κ2) is 9.48. The van der Waals surface area contributed by atoms with Gasteiger partial charge in [-0.3, -0.25) is 9.59 Å². The van der Waals surface area contributed by atoms with Crippen molar-refractivity contribution in [3.05, 3.63) is 0 Å². The van der Waals surface area contributed by atoms with Crippen molar-refractivity contribution < 1.29 is 30.8 Å². The van der Waals surface area contributed by atoms with Gasteiger partial charge in [-0.15, -0.1) is 0 Å². The fourth-order valence-electron chi connectivity index (χ4n) is 1.02. The Hall–Kier alpha value is -1.42. The summed E-state index contributed by atoms with van der Waals surface area (Å²) in [4.78, 5) is 43.5. The summed E-state index contributed by atoms with van der Waals surface area (Å²) in [7, 11) is 2.13. The standard InChI is InChI=1S/C10H16N2O6S2/c1-5(13)11-7(9(15)16)3-19-20-4-8(10(17)18)12-6(2)14/h7-8H,3-4H2,1-2H3,(H,11,13)(H,12,14)(H,15,16)(H,17,18)/t7-,8-/m0/s1/i1D. The minimum atomic E-state index is -1.23. The van der Waals surface area contributed by atoms with Crippen molar-refractivity contribution >= 4 is 45.3 Å². The van der Waals surface area contributed by atoms with E-state index >= 15 is 0 Å². The van der Waals surface area contributed by atoms with Gasteiger partial charge in [0.25, 0.3) is 0 Å². The van der Waals surface area contributed by atoms with Crippen LogP contribution < -0.4 is 10.6 Å². The Kier molecular flexibility index (Phi) is 7.88. The fourth-order valence-corrected chi connectivity index (χ4v) is 3.33. The molecule has 10 heteroatoms. The van der Waals surface area contributed by atoms with Gasteiger partial charge in [0.15, 0.2) is 0 Å². The summed E-state index contributed by atoms with van der Waals surface area (Å²) in [5.74, 6) is -3.53. The molecule has 0 aromatic heterocycles. The number of hydrogen-bond donors (Lipinski definition) is 4. The molecule has 0 rings (SSSR count). The van der Waals surface area contributed by atoms with Crippen molar-refractivity contribution in [3.8, 4) is 0 Å². The fraction of sp³-hybridized carbons (Fsp3) is 0.600. The second-order valence-electron chi connectivity index (χ2n) is 3.62. The second-order valence-corrected chi connectivity index (χ2v) is 6.17. The molecule has 114 valence electrons. The van der Waals surface area contributed by atoms with Gasteiger partial charge >= 0.3 is 11.9 Å². The first-order chi connectivity index (χ1) is 9.77. The molecule has 0 aliphatic heterocycles. The molecule has 0 spiro atoms. The lowest BCUT2D eigenvalue weighted by atomic mass is 10.3. The first kappa shape index (κ1) is 16.6. The van der Waals surface area contributed by atoms with Crippen LogP contribution in [0, 0.1) is 0 Å². The van der Waals surface area contributed by atoms with Crippen molar-refractivity contribution in [3.63, 3.8) is 0 Å². The summed E-state index contributed by atoms with van der Waals surface area (Å²) in [6, 6.07) is -2.21. The zero-order valence-electron chi connectivity index (χ0n) is 11.6. The molecule has 0 saturated carbocycles. The molecule has 0 aliphatic rings. The van der Waals surface area contributed by atoms with Crippen molar-refractivity contribution in [2.45, 2.75) is 25.9 Å². The van der Waals surface area contributed by atoms with Gasteiger partial charge in [-0.2, -0.15) is 0 Å². The molecule has 0 bridgehead atoms. The van der Waals surface area contributed by atoms with E-state index in [0.717, 1.165) is 21.6 Å². The quantitative estimate of drug-likeness (QED) is 0.331. The number of nitrogens with one attached hydrogen (secondary N) is 2. The van der Waals surface area contributed by atoms with Gasteiger partial charge in [0.05, 0.1) is 0 Å². The van der Waals surface area contributed by atoms with Crippen LogP contribution in [0.4, 0.5) is 0 Å². The highest BCUT2D eigenvalue weighted by Gasteiger charge is 2.21. The molecule has 2 amide bonds. The van der Waals surface area contributed by atoms with Crippen LogP contribution in [0.1, 0.15) is 15.2 Å². The lowest BCUT2D eigenvalue weighted by molar-refractivity contribution is -0.141. The lowest BCUT2D eigenvalue weighted by Crippen LogP contribution is -2.42. The third-order valence-electron chi connectivity index (χ3n) is 1.86. The monoisotopic (exact) mass is 325 g/mol. The zero-order chi connectivity index (χ0) is 16.4. The molecule has 0 fully saturated rings. The van der Waals surface area contributed by atoms with Gasteiger partial charge in [0, 0.05) is 26.7 Å². The highest BCUT2D eigenvalue weighted by molar-refractivity contribution is 8.76. The van der Waals surface area contributed by atoms with Gasteiger partial charge in [0.2, 0.25) is 11.8 Å². The number of carboxylic acids is 2. The van der Waals surface area contributed by atoms with E-state index in [0.29, 0.717) is 0 Å². The Morgan fingerprint density at radius 2 is 1.40 bits per heavy atom. The van der Waals surface area contributed by atoms with E-state index in [1.165, 1.54) is 6.92 Å². The van der Waals surface area contributed by atoms with E-state index in [4.69, 9.17) is 11.6 Å². The van der Waals surface area contributed by atoms with E-state index in [1.807, 2.05) is 0 Å². The van der Waals surface area contributed by atoms with Crippen molar-refractivity contribution in [1.29, 1.82) is 0 Å². The van der Waals surface area contributed by atoms with E-state index < -0.39 is 42.7 Å². The minimum absolute atomic E-state index is 0.0121. The SMILES string of the molecule is [2H]CC(=O)N[C@@H](CSSC[C@H](NC(C)=O)C(=O)O)C(=O)O. The van der Waals surface area contributed by atoms with Crippen molar-refractivity contribution in [2.75, 3.05) is 11.5 Å². The number of amides is 2. The molecule has 0 aromatic carbocycles. The lowest BCUT2D eigenvalue weighted by Gasteiger charge is -2.14. The van der Waals surface area contributed by atoms with Crippen LogP contribution in [0.3, 0.4) is 0 Å². The number of hydrogen-bond acceptors (Lipinski definition) is 6. The average molecular weight is 325 g/mol. The van der Waals surface area contributed by atoms with Gasteiger partial charge in [0.1, 0.15) is 12.1 Å². The number of rotatable bonds is 9. The van der Waals surface area contributed by atoms with Crippen LogP contribution >= 0.6 is 21.6 Å². The van der Waals surface area contributed by atoms with E-state index in [2.05, 4.69) is 10.6 Å². The Bertz CT molecular complexity index is 409. The van der Waals surface area contributed by atoms with E-state index in [-0.39, 0.29) is 11.5 Å². The molecular formula is C10H16N2O6S2. The highest BCUT2D eigenvalue weighted by Crippen LogP contribution is 2.23. The van der Waals surface area contributed by atoms with Crippen LogP contribution in [0.25, 0.3) is 0 Å². The van der Waals surface area contributed by atoms with Crippen LogP contribution in [-0.2, 0) is 19.2 Å². The molecule has 8 nitrogen and oxygen atoms in total. The van der Waals surface area contributed by atoms with Crippen LogP contribution in [0.15, 0.2) is 0 Å². The number of carboxylic acid groups (broad SMARTS) is 2. The van der Waals surface area contributed by atoms with Gasteiger partial charge in [-0.1, -0.05) is 21.6 Å². The van der Waals surface area contributed by atoms with E-state index in [9.17, 15) is 19.2 Å². The molecule has 0 unspecified atom stereocenters. The summed E-state index contributed by atoms with van der Waals surface area (Å²) < 4.78 is 6.80. The molecule has 0 heterocycles. The largest absolute Gasteiger partial charge is 0.480 e. The number of carbonyl (C=O) groups excluding carboxylic acids is 2. The first-order valence-corrected chi connectivity index (χ1v) is 7.82. The molecular weight excluding hydrogens is 308 g/mol.